The molecule has 3 nitrogen and oxygen atoms in total. The Bertz CT molecular complexity index is 833. The average Bonchev–Trinajstić information content (AvgIpc) is 2.89. The van der Waals surface area contributed by atoms with Gasteiger partial charge in [-0.2, -0.15) is 0 Å². The lowest BCUT2D eigenvalue weighted by Crippen LogP contribution is -2.12. The number of carbonyl (C=O) groups is 1. The summed E-state index contributed by atoms with van der Waals surface area (Å²) in [5, 5.41) is 0.950. The maximum atomic E-state index is 12.5. The van der Waals surface area contributed by atoms with E-state index in [4.69, 9.17) is 4.74 Å². The van der Waals surface area contributed by atoms with E-state index >= 15 is 0 Å². The van der Waals surface area contributed by atoms with E-state index in [-0.39, 0.29) is 11.9 Å². The van der Waals surface area contributed by atoms with Crippen molar-refractivity contribution >= 4 is 16.9 Å². The van der Waals surface area contributed by atoms with Crippen LogP contribution < -0.4 is 0 Å². The lowest BCUT2D eigenvalue weighted by atomic mass is 9.90. The molecule has 0 N–H and O–H groups in total. The number of esters is 1. The second-order valence-corrected chi connectivity index (χ2v) is 5.70. The summed E-state index contributed by atoms with van der Waals surface area (Å²) in [6, 6.07) is 18.3. The van der Waals surface area contributed by atoms with E-state index in [9.17, 15) is 4.79 Å². The van der Waals surface area contributed by atoms with E-state index in [2.05, 4.69) is 23.6 Å². The first-order valence-corrected chi connectivity index (χ1v) is 7.89. The molecule has 118 valence electrons. The Labute approximate surface area is 136 Å². The zero-order chi connectivity index (χ0) is 16.4. The summed E-state index contributed by atoms with van der Waals surface area (Å²) in [7, 11) is 3.47. The van der Waals surface area contributed by atoms with Crippen molar-refractivity contribution in [2.45, 2.75) is 19.3 Å². The van der Waals surface area contributed by atoms with E-state index in [1.807, 2.05) is 49.5 Å². The topological polar surface area (TPSA) is 31.2 Å². The third-order valence-electron chi connectivity index (χ3n) is 4.48. The van der Waals surface area contributed by atoms with Crippen molar-refractivity contribution in [3.8, 4) is 0 Å². The first kappa shape index (κ1) is 15.3. The first-order chi connectivity index (χ1) is 11.2. The minimum Gasteiger partial charge on any atom is -0.465 e. The van der Waals surface area contributed by atoms with Crippen molar-refractivity contribution in [3.05, 3.63) is 71.4 Å². The molecule has 0 radical (unpaired) electrons. The average molecular weight is 307 g/mol. The van der Waals surface area contributed by atoms with Crippen LogP contribution in [-0.4, -0.2) is 17.6 Å². The van der Waals surface area contributed by atoms with Crippen molar-refractivity contribution in [3.63, 3.8) is 0 Å². The molecule has 0 amide bonds. The predicted octanol–water partition coefficient (Wildman–Crippen LogP) is 4.51. The fraction of sp³-hybridized carbons (Fsp3) is 0.250. The minimum atomic E-state index is -0.272. The van der Waals surface area contributed by atoms with Gasteiger partial charge in [-0.15, -0.1) is 0 Å². The zero-order valence-corrected chi connectivity index (χ0v) is 13.7. The third kappa shape index (κ3) is 2.52. The van der Waals surface area contributed by atoms with Crippen molar-refractivity contribution in [2.75, 3.05) is 7.11 Å². The SMILES string of the molecule is CCC(c1ccccc1)c1c(C(=O)OC)c2ccccc2n1C. The number of nitrogens with zero attached hydrogens (tertiary/aromatic N) is 1. The summed E-state index contributed by atoms with van der Waals surface area (Å²) >= 11 is 0. The molecular formula is C20H21NO2. The highest BCUT2D eigenvalue weighted by atomic mass is 16.5. The molecule has 0 saturated heterocycles. The Hall–Kier alpha value is -2.55. The highest BCUT2D eigenvalue weighted by molar-refractivity contribution is 6.06. The molecule has 3 heteroatoms. The van der Waals surface area contributed by atoms with E-state index in [0.29, 0.717) is 5.56 Å². The number of aryl methyl sites for hydroxylation is 1. The molecule has 1 atom stereocenters. The number of ether oxygens (including phenoxy) is 1. The molecular weight excluding hydrogens is 286 g/mol. The molecule has 0 bridgehead atoms. The largest absolute Gasteiger partial charge is 0.465 e. The van der Waals surface area contributed by atoms with Gasteiger partial charge in [0.15, 0.2) is 0 Å². The van der Waals surface area contributed by atoms with Crippen LogP contribution in [0.3, 0.4) is 0 Å². The zero-order valence-electron chi connectivity index (χ0n) is 13.7. The number of hydrogen-bond acceptors (Lipinski definition) is 2. The second-order valence-electron chi connectivity index (χ2n) is 5.70. The molecule has 3 aromatic rings. The highest BCUT2D eigenvalue weighted by Crippen LogP contribution is 2.36. The molecule has 0 spiro atoms. The Morgan fingerprint density at radius 2 is 1.74 bits per heavy atom. The molecule has 0 fully saturated rings. The Morgan fingerprint density at radius 3 is 2.39 bits per heavy atom. The van der Waals surface area contributed by atoms with Gasteiger partial charge in [-0.25, -0.2) is 4.79 Å². The van der Waals surface area contributed by atoms with Crippen molar-refractivity contribution in [1.29, 1.82) is 0 Å². The van der Waals surface area contributed by atoms with E-state index < -0.39 is 0 Å². The number of para-hydroxylation sites is 1. The molecule has 1 aromatic heterocycles. The lowest BCUT2D eigenvalue weighted by Gasteiger charge is -2.18. The number of hydrogen-bond donors (Lipinski definition) is 0. The summed E-state index contributed by atoms with van der Waals surface area (Å²) in [5.74, 6) is -0.117. The molecule has 0 aliphatic rings. The van der Waals surface area contributed by atoms with Crippen LogP contribution in [0.4, 0.5) is 0 Å². The van der Waals surface area contributed by atoms with Crippen LogP contribution in [0.25, 0.3) is 10.9 Å². The number of aromatic nitrogens is 1. The molecule has 0 aliphatic carbocycles. The van der Waals surface area contributed by atoms with Crippen LogP contribution >= 0.6 is 0 Å². The van der Waals surface area contributed by atoms with Crippen LogP contribution in [0.15, 0.2) is 54.6 Å². The fourth-order valence-corrected chi connectivity index (χ4v) is 3.41. The summed E-state index contributed by atoms with van der Waals surface area (Å²) in [4.78, 5) is 12.5. The highest BCUT2D eigenvalue weighted by Gasteiger charge is 2.27. The Kier molecular flexibility index (Phi) is 4.20. The van der Waals surface area contributed by atoms with Crippen LogP contribution in [0, 0.1) is 0 Å². The van der Waals surface area contributed by atoms with Crippen LogP contribution in [0.1, 0.15) is 40.9 Å². The lowest BCUT2D eigenvalue weighted by molar-refractivity contribution is 0.0601. The summed E-state index contributed by atoms with van der Waals surface area (Å²) in [6.45, 7) is 2.15. The molecule has 3 rings (SSSR count). The van der Waals surface area contributed by atoms with Gasteiger partial charge >= 0.3 is 5.97 Å². The normalized spacial score (nSPS) is 12.3. The Balaban J connectivity index is 2.31. The summed E-state index contributed by atoms with van der Waals surface area (Å²) in [6.07, 6.45) is 0.915. The molecule has 2 aromatic carbocycles. The molecule has 0 saturated carbocycles. The maximum absolute atomic E-state index is 12.5. The van der Waals surface area contributed by atoms with Gasteiger partial charge in [-0.3, -0.25) is 0 Å². The van der Waals surface area contributed by atoms with Crippen molar-refractivity contribution in [2.24, 2.45) is 7.05 Å². The van der Waals surface area contributed by atoms with Gasteiger partial charge in [0.1, 0.15) is 0 Å². The number of methoxy groups -OCH3 is 1. The van der Waals surface area contributed by atoms with Crippen LogP contribution in [-0.2, 0) is 11.8 Å². The van der Waals surface area contributed by atoms with Crippen LogP contribution in [0.5, 0.6) is 0 Å². The fourth-order valence-electron chi connectivity index (χ4n) is 3.41. The van der Waals surface area contributed by atoms with Gasteiger partial charge in [0.05, 0.1) is 12.7 Å². The van der Waals surface area contributed by atoms with Gasteiger partial charge in [-0.05, 0) is 18.1 Å². The van der Waals surface area contributed by atoms with Crippen molar-refractivity contribution < 1.29 is 9.53 Å². The van der Waals surface area contributed by atoms with E-state index in [0.717, 1.165) is 23.0 Å². The van der Waals surface area contributed by atoms with Gasteiger partial charge in [-0.1, -0.05) is 55.5 Å². The van der Waals surface area contributed by atoms with Crippen LogP contribution in [0.2, 0.25) is 0 Å². The van der Waals surface area contributed by atoms with Gasteiger partial charge in [0.25, 0.3) is 0 Å². The number of benzene rings is 2. The number of carbonyl (C=O) groups excluding carboxylic acids is 1. The van der Waals surface area contributed by atoms with E-state index in [1.54, 1.807) is 0 Å². The number of fused-ring (bicyclic) bond motifs is 1. The first-order valence-electron chi connectivity index (χ1n) is 7.89. The monoisotopic (exact) mass is 307 g/mol. The predicted molar refractivity (Wildman–Crippen MR) is 92.8 cm³/mol. The summed E-state index contributed by atoms with van der Waals surface area (Å²) in [5.41, 5.74) is 3.97. The molecule has 0 aliphatic heterocycles. The van der Waals surface area contributed by atoms with Crippen molar-refractivity contribution in [1.82, 2.24) is 4.57 Å². The standard InChI is InChI=1S/C20H21NO2/c1-4-15(14-10-6-5-7-11-14)19-18(20(22)23-3)16-12-8-9-13-17(16)21(19)2/h5-13,15H,4H2,1-3H3. The third-order valence-corrected chi connectivity index (χ3v) is 4.48. The minimum absolute atomic E-state index is 0.155. The van der Waals surface area contributed by atoms with Gasteiger partial charge < -0.3 is 9.30 Å². The second kappa shape index (κ2) is 6.29. The van der Waals surface area contributed by atoms with Gasteiger partial charge in [0, 0.05) is 29.6 Å². The molecule has 1 heterocycles. The maximum Gasteiger partial charge on any atom is 0.340 e. The molecule has 1 unspecified atom stereocenters. The van der Waals surface area contributed by atoms with E-state index in [1.165, 1.54) is 12.7 Å². The quantitative estimate of drug-likeness (QED) is 0.664. The molecule has 23 heavy (non-hydrogen) atoms. The summed E-state index contributed by atoms with van der Waals surface area (Å²) < 4.78 is 7.20. The van der Waals surface area contributed by atoms with Gasteiger partial charge in [0.2, 0.25) is 0 Å². The Morgan fingerprint density at radius 1 is 1.09 bits per heavy atom. The number of rotatable bonds is 4. The smallest absolute Gasteiger partial charge is 0.340 e.